The highest BCUT2D eigenvalue weighted by molar-refractivity contribution is 5.64. The van der Waals surface area contributed by atoms with Crippen molar-refractivity contribution < 1.29 is 0 Å². The van der Waals surface area contributed by atoms with Crippen LogP contribution in [0.15, 0.2) is 42.5 Å². The summed E-state index contributed by atoms with van der Waals surface area (Å²) in [5, 5.41) is 3.55. The standard InChI is InChI=1S/C18H26N2/c1-2-15-10-12-16(13-11-15)18(19)9-4-3-7-17-8-5-6-14-20-17/h3-4,9-13,17,20H,2,5-8,14,19H2,1H3/b4-3-,18-9-. The second kappa shape index (κ2) is 7.91. The van der Waals surface area contributed by atoms with Crippen LogP contribution in [0.4, 0.5) is 0 Å². The highest BCUT2D eigenvalue weighted by atomic mass is 14.9. The molecule has 2 heteroatoms. The van der Waals surface area contributed by atoms with Crippen molar-refractivity contribution in [3.63, 3.8) is 0 Å². The van der Waals surface area contributed by atoms with Crippen molar-refractivity contribution >= 4 is 5.70 Å². The molecule has 1 aromatic rings. The number of hydrogen-bond donors (Lipinski definition) is 2. The predicted molar refractivity (Wildman–Crippen MR) is 87.4 cm³/mol. The molecule has 1 aliphatic heterocycles. The van der Waals surface area contributed by atoms with Gasteiger partial charge in [0.25, 0.3) is 0 Å². The average molecular weight is 270 g/mol. The van der Waals surface area contributed by atoms with Crippen LogP contribution in [0, 0.1) is 0 Å². The van der Waals surface area contributed by atoms with Gasteiger partial charge in [-0.2, -0.15) is 0 Å². The normalized spacial score (nSPS) is 20.4. The Morgan fingerprint density at radius 3 is 2.75 bits per heavy atom. The van der Waals surface area contributed by atoms with E-state index in [9.17, 15) is 0 Å². The molecular formula is C18H26N2. The van der Waals surface area contributed by atoms with Crippen LogP contribution in [0.5, 0.6) is 0 Å². The van der Waals surface area contributed by atoms with E-state index in [1.54, 1.807) is 0 Å². The number of piperidine rings is 1. The van der Waals surface area contributed by atoms with E-state index >= 15 is 0 Å². The first-order chi connectivity index (χ1) is 9.79. The first-order valence-electron chi connectivity index (χ1n) is 7.74. The third kappa shape index (κ3) is 4.53. The maximum absolute atomic E-state index is 6.10. The molecule has 1 heterocycles. The van der Waals surface area contributed by atoms with E-state index in [0.717, 1.165) is 24.1 Å². The topological polar surface area (TPSA) is 38.0 Å². The molecule has 0 aliphatic carbocycles. The van der Waals surface area contributed by atoms with Crippen molar-refractivity contribution in [1.29, 1.82) is 0 Å². The van der Waals surface area contributed by atoms with E-state index in [1.807, 2.05) is 6.08 Å². The largest absolute Gasteiger partial charge is 0.398 e. The SMILES string of the molecule is CCc1ccc(/C(N)=C/C=C\CC2CCCCN2)cc1. The lowest BCUT2D eigenvalue weighted by Gasteiger charge is -2.21. The van der Waals surface area contributed by atoms with E-state index in [4.69, 9.17) is 5.73 Å². The molecule has 3 N–H and O–H groups in total. The fourth-order valence-corrected chi connectivity index (χ4v) is 2.57. The van der Waals surface area contributed by atoms with Crippen molar-refractivity contribution in [3.8, 4) is 0 Å². The molecule has 0 amide bonds. The van der Waals surface area contributed by atoms with Crippen molar-refractivity contribution in [1.82, 2.24) is 5.32 Å². The van der Waals surface area contributed by atoms with Gasteiger partial charge in [-0.15, -0.1) is 0 Å². The number of aryl methyl sites for hydroxylation is 1. The number of benzene rings is 1. The Labute approximate surface area is 122 Å². The smallest absolute Gasteiger partial charge is 0.0387 e. The fraction of sp³-hybridized carbons (Fsp3) is 0.444. The van der Waals surface area contributed by atoms with Crippen LogP contribution in [-0.2, 0) is 6.42 Å². The molecule has 1 saturated heterocycles. The first kappa shape index (κ1) is 14.9. The Kier molecular flexibility index (Phi) is 5.87. The van der Waals surface area contributed by atoms with Gasteiger partial charge in [-0.3, -0.25) is 0 Å². The van der Waals surface area contributed by atoms with Crippen LogP contribution in [0.3, 0.4) is 0 Å². The maximum atomic E-state index is 6.10. The van der Waals surface area contributed by atoms with Gasteiger partial charge in [0.2, 0.25) is 0 Å². The van der Waals surface area contributed by atoms with Crippen molar-refractivity contribution in [2.24, 2.45) is 5.73 Å². The fourth-order valence-electron chi connectivity index (χ4n) is 2.57. The lowest BCUT2D eigenvalue weighted by molar-refractivity contribution is 0.404. The van der Waals surface area contributed by atoms with Crippen LogP contribution in [0.25, 0.3) is 5.70 Å². The minimum Gasteiger partial charge on any atom is -0.398 e. The van der Waals surface area contributed by atoms with Crippen LogP contribution in [-0.4, -0.2) is 12.6 Å². The zero-order valence-corrected chi connectivity index (χ0v) is 12.4. The molecule has 1 aromatic carbocycles. The molecule has 20 heavy (non-hydrogen) atoms. The monoisotopic (exact) mass is 270 g/mol. The molecule has 0 aromatic heterocycles. The number of hydrogen-bond acceptors (Lipinski definition) is 2. The molecular weight excluding hydrogens is 244 g/mol. The van der Waals surface area contributed by atoms with Crippen LogP contribution < -0.4 is 11.1 Å². The van der Waals surface area contributed by atoms with Gasteiger partial charge < -0.3 is 11.1 Å². The van der Waals surface area contributed by atoms with E-state index in [-0.39, 0.29) is 0 Å². The average Bonchev–Trinajstić information content (AvgIpc) is 2.52. The Balaban J connectivity index is 1.85. The van der Waals surface area contributed by atoms with Gasteiger partial charge in [0.15, 0.2) is 0 Å². The summed E-state index contributed by atoms with van der Waals surface area (Å²) in [5.41, 5.74) is 9.38. The summed E-state index contributed by atoms with van der Waals surface area (Å²) in [6.45, 7) is 3.33. The summed E-state index contributed by atoms with van der Waals surface area (Å²) < 4.78 is 0. The third-order valence-corrected chi connectivity index (χ3v) is 3.94. The summed E-state index contributed by atoms with van der Waals surface area (Å²) in [5.74, 6) is 0. The summed E-state index contributed by atoms with van der Waals surface area (Å²) >= 11 is 0. The second-order valence-electron chi connectivity index (χ2n) is 5.48. The van der Waals surface area contributed by atoms with Gasteiger partial charge in [0, 0.05) is 11.7 Å². The highest BCUT2D eigenvalue weighted by Crippen LogP contribution is 2.12. The molecule has 0 saturated carbocycles. The molecule has 1 aliphatic rings. The summed E-state index contributed by atoms with van der Waals surface area (Å²) in [6, 6.07) is 9.14. The Bertz CT molecular complexity index is 451. The molecule has 0 radical (unpaired) electrons. The van der Waals surface area contributed by atoms with Gasteiger partial charge >= 0.3 is 0 Å². The zero-order chi connectivity index (χ0) is 14.2. The molecule has 2 nitrogen and oxygen atoms in total. The maximum Gasteiger partial charge on any atom is 0.0387 e. The van der Waals surface area contributed by atoms with Gasteiger partial charge in [-0.05, 0) is 49.4 Å². The second-order valence-corrected chi connectivity index (χ2v) is 5.48. The number of nitrogens with two attached hydrogens (primary N) is 1. The number of allylic oxidation sites excluding steroid dienone is 2. The minimum absolute atomic E-state index is 0.651. The van der Waals surface area contributed by atoms with Gasteiger partial charge in [0.05, 0.1) is 0 Å². The van der Waals surface area contributed by atoms with E-state index < -0.39 is 0 Å². The Hall–Kier alpha value is -1.54. The molecule has 1 fully saturated rings. The van der Waals surface area contributed by atoms with E-state index in [1.165, 1.54) is 31.4 Å². The lowest BCUT2D eigenvalue weighted by Crippen LogP contribution is -2.33. The Morgan fingerprint density at radius 2 is 2.10 bits per heavy atom. The van der Waals surface area contributed by atoms with Crippen LogP contribution >= 0.6 is 0 Å². The Morgan fingerprint density at radius 1 is 1.30 bits per heavy atom. The van der Waals surface area contributed by atoms with Gasteiger partial charge in [-0.25, -0.2) is 0 Å². The first-order valence-corrected chi connectivity index (χ1v) is 7.74. The van der Waals surface area contributed by atoms with Gasteiger partial charge in [0.1, 0.15) is 0 Å². The highest BCUT2D eigenvalue weighted by Gasteiger charge is 2.09. The summed E-state index contributed by atoms with van der Waals surface area (Å²) in [6.07, 6.45) is 12.4. The van der Waals surface area contributed by atoms with E-state index in [2.05, 4.69) is 48.7 Å². The lowest BCUT2D eigenvalue weighted by atomic mass is 10.0. The molecule has 1 atom stereocenters. The quantitative estimate of drug-likeness (QED) is 0.802. The van der Waals surface area contributed by atoms with Crippen LogP contribution in [0.2, 0.25) is 0 Å². The molecule has 0 bridgehead atoms. The van der Waals surface area contributed by atoms with Crippen LogP contribution in [0.1, 0.15) is 43.7 Å². The number of rotatable bonds is 5. The molecule has 108 valence electrons. The van der Waals surface area contributed by atoms with Crippen molar-refractivity contribution in [2.75, 3.05) is 6.54 Å². The van der Waals surface area contributed by atoms with Gasteiger partial charge in [-0.1, -0.05) is 49.8 Å². The van der Waals surface area contributed by atoms with Crippen molar-refractivity contribution in [3.05, 3.63) is 53.6 Å². The molecule has 0 spiro atoms. The summed E-state index contributed by atoms with van der Waals surface area (Å²) in [4.78, 5) is 0. The van der Waals surface area contributed by atoms with Crippen molar-refractivity contribution in [2.45, 2.75) is 45.1 Å². The minimum atomic E-state index is 0.651. The predicted octanol–water partition coefficient (Wildman–Crippen LogP) is 3.64. The number of nitrogens with one attached hydrogen (secondary N) is 1. The molecule has 2 rings (SSSR count). The van der Waals surface area contributed by atoms with E-state index in [0.29, 0.717) is 6.04 Å². The molecule has 1 unspecified atom stereocenters. The third-order valence-electron chi connectivity index (χ3n) is 3.94. The zero-order valence-electron chi connectivity index (χ0n) is 12.4. The summed E-state index contributed by atoms with van der Waals surface area (Å²) in [7, 11) is 0.